The van der Waals surface area contributed by atoms with Crippen LogP contribution < -0.4 is 9.64 Å². The minimum absolute atomic E-state index is 0.00626. The number of aromatic nitrogens is 2. The summed E-state index contributed by atoms with van der Waals surface area (Å²) in [6.07, 6.45) is 0.304. The van der Waals surface area contributed by atoms with Gasteiger partial charge in [0.15, 0.2) is 0 Å². The second-order valence-electron chi connectivity index (χ2n) is 6.47. The van der Waals surface area contributed by atoms with Crippen LogP contribution in [0.2, 0.25) is 5.02 Å². The highest BCUT2D eigenvalue weighted by atomic mass is 35.5. The Hall–Kier alpha value is -2.86. The molecule has 2 heterocycles. The summed E-state index contributed by atoms with van der Waals surface area (Å²) in [6.45, 7) is 2.39. The van der Waals surface area contributed by atoms with Crippen LogP contribution in [0.5, 0.6) is 5.75 Å². The van der Waals surface area contributed by atoms with Gasteiger partial charge in [0.2, 0.25) is 17.6 Å². The van der Waals surface area contributed by atoms with Crippen LogP contribution in [0.25, 0.3) is 11.4 Å². The van der Waals surface area contributed by atoms with Gasteiger partial charge in [0.05, 0.1) is 29.3 Å². The molecule has 1 unspecified atom stereocenters. The van der Waals surface area contributed by atoms with Crippen molar-refractivity contribution in [2.24, 2.45) is 0 Å². The van der Waals surface area contributed by atoms with E-state index in [1.165, 1.54) is 0 Å². The first-order chi connectivity index (χ1) is 13.1. The molecule has 4 rings (SSSR count). The molecule has 6 nitrogen and oxygen atoms in total. The van der Waals surface area contributed by atoms with Crippen LogP contribution in [0.15, 0.2) is 47.0 Å². The molecule has 1 atom stereocenters. The third-order valence-corrected chi connectivity index (χ3v) is 5.03. The Morgan fingerprint density at radius 1 is 1.22 bits per heavy atom. The Morgan fingerprint density at radius 3 is 2.81 bits per heavy atom. The van der Waals surface area contributed by atoms with Gasteiger partial charge in [-0.3, -0.25) is 4.79 Å². The molecule has 2 aromatic carbocycles. The fourth-order valence-corrected chi connectivity index (χ4v) is 3.72. The average molecular weight is 384 g/mol. The number of methoxy groups -OCH3 is 1. The van der Waals surface area contributed by atoms with Crippen molar-refractivity contribution in [2.75, 3.05) is 18.6 Å². The molecule has 0 radical (unpaired) electrons. The van der Waals surface area contributed by atoms with Gasteiger partial charge >= 0.3 is 0 Å². The molecule has 138 valence electrons. The quantitative estimate of drug-likeness (QED) is 0.674. The van der Waals surface area contributed by atoms with E-state index in [0.717, 1.165) is 16.8 Å². The van der Waals surface area contributed by atoms with Gasteiger partial charge in [0.25, 0.3) is 0 Å². The van der Waals surface area contributed by atoms with Crippen LogP contribution in [0.4, 0.5) is 5.69 Å². The third kappa shape index (κ3) is 3.17. The molecule has 0 aliphatic carbocycles. The zero-order chi connectivity index (χ0) is 19.0. The Bertz CT molecular complexity index is 981. The highest BCUT2D eigenvalue weighted by Crippen LogP contribution is 2.37. The number of carbonyl (C=O) groups is 1. The van der Waals surface area contributed by atoms with Crippen molar-refractivity contribution in [3.05, 3.63) is 58.9 Å². The van der Waals surface area contributed by atoms with Crippen molar-refractivity contribution in [3.8, 4) is 17.1 Å². The number of halogens is 1. The van der Waals surface area contributed by atoms with E-state index in [1.807, 2.05) is 43.3 Å². The number of nitrogens with zero attached hydrogens (tertiary/aromatic N) is 3. The summed E-state index contributed by atoms with van der Waals surface area (Å²) >= 11 is 6.33. The van der Waals surface area contributed by atoms with E-state index in [-0.39, 0.29) is 11.8 Å². The molecule has 1 aliphatic rings. The Kier molecular flexibility index (Phi) is 4.58. The number of aryl methyl sites for hydroxylation is 1. The first-order valence-corrected chi connectivity index (χ1v) is 8.98. The van der Waals surface area contributed by atoms with Gasteiger partial charge in [0, 0.05) is 13.0 Å². The minimum atomic E-state index is -0.177. The highest BCUT2D eigenvalue weighted by molar-refractivity contribution is 6.34. The molecule has 1 saturated heterocycles. The van der Waals surface area contributed by atoms with E-state index in [9.17, 15) is 4.79 Å². The summed E-state index contributed by atoms with van der Waals surface area (Å²) in [7, 11) is 1.60. The molecule has 0 saturated carbocycles. The second-order valence-corrected chi connectivity index (χ2v) is 6.87. The Balaban J connectivity index is 1.61. The van der Waals surface area contributed by atoms with Crippen LogP contribution in [-0.4, -0.2) is 29.7 Å². The minimum Gasteiger partial charge on any atom is -0.496 e. The van der Waals surface area contributed by atoms with E-state index in [0.29, 0.717) is 35.5 Å². The summed E-state index contributed by atoms with van der Waals surface area (Å²) < 4.78 is 10.8. The van der Waals surface area contributed by atoms with Crippen LogP contribution >= 0.6 is 11.6 Å². The zero-order valence-electron chi connectivity index (χ0n) is 15.0. The molecule has 0 N–H and O–H groups in total. The number of carbonyl (C=O) groups excluding carboxylic acids is 1. The smallest absolute Gasteiger partial charge is 0.232 e. The number of amides is 1. The van der Waals surface area contributed by atoms with E-state index in [1.54, 1.807) is 18.1 Å². The van der Waals surface area contributed by atoms with Gasteiger partial charge in [-0.15, -0.1) is 0 Å². The molecule has 0 spiro atoms. The maximum Gasteiger partial charge on any atom is 0.232 e. The molecule has 3 aromatic rings. The van der Waals surface area contributed by atoms with Gasteiger partial charge < -0.3 is 14.2 Å². The lowest BCUT2D eigenvalue weighted by atomic mass is 10.1. The van der Waals surface area contributed by atoms with E-state index in [4.69, 9.17) is 20.9 Å². The number of rotatable bonds is 4. The number of hydrogen-bond donors (Lipinski definition) is 0. The molecule has 1 aromatic heterocycles. The molecular weight excluding hydrogens is 366 g/mol. The monoisotopic (exact) mass is 383 g/mol. The van der Waals surface area contributed by atoms with Crippen LogP contribution in [-0.2, 0) is 4.79 Å². The van der Waals surface area contributed by atoms with Gasteiger partial charge in [-0.25, -0.2) is 0 Å². The van der Waals surface area contributed by atoms with Crippen molar-refractivity contribution in [3.63, 3.8) is 0 Å². The average Bonchev–Trinajstić information content (AvgIpc) is 3.29. The van der Waals surface area contributed by atoms with Crippen molar-refractivity contribution >= 4 is 23.2 Å². The zero-order valence-corrected chi connectivity index (χ0v) is 15.7. The normalized spacial score (nSPS) is 16.8. The number of para-hydroxylation sites is 2. The standard InChI is InChI=1S/C20H18ClN3O3/c1-12-6-5-8-15(21)18(12)24-11-13(10-17(24)25)20-22-19(23-27-20)14-7-3-4-9-16(14)26-2/h3-9,13H,10-11H2,1-2H3. The predicted octanol–water partition coefficient (Wildman–Crippen LogP) is 4.23. The second kappa shape index (κ2) is 7.04. The van der Waals surface area contributed by atoms with Gasteiger partial charge in [-0.1, -0.05) is 41.0 Å². The fourth-order valence-electron chi connectivity index (χ4n) is 3.39. The maximum atomic E-state index is 12.6. The first-order valence-electron chi connectivity index (χ1n) is 8.61. The molecule has 0 bridgehead atoms. The summed E-state index contributed by atoms with van der Waals surface area (Å²) in [5.74, 6) is 1.37. The van der Waals surface area contributed by atoms with Crippen molar-refractivity contribution in [1.29, 1.82) is 0 Å². The number of hydrogen-bond acceptors (Lipinski definition) is 5. The summed E-state index contributed by atoms with van der Waals surface area (Å²) in [4.78, 5) is 18.8. The molecule has 1 amide bonds. The first kappa shape index (κ1) is 17.5. The summed E-state index contributed by atoms with van der Waals surface area (Å²) in [6, 6.07) is 13.1. The number of benzene rings is 2. The predicted molar refractivity (Wildman–Crippen MR) is 102 cm³/mol. The van der Waals surface area contributed by atoms with E-state index >= 15 is 0 Å². The molecule has 7 heteroatoms. The van der Waals surface area contributed by atoms with Crippen molar-refractivity contribution in [2.45, 2.75) is 19.3 Å². The number of ether oxygens (including phenoxy) is 1. The lowest BCUT2D eigenvalue weighted by Crippen LogP contribution is -2.25. The SMILES string of the molecule is COc1ccccc1-c1noc(C2CC(=O)N(c3c(C)cccc3Cl)C2)n1. The van der Waals surface area contributed by atoms with Crippen LogP contribution in [0.3, 0.4) is 0 Å². The van der Waals surface area contributed by atoms with Crippen molar-refractivity contribution < 1.29 is 14.1 Å². The fraction of sp³-hybridized carbons (Fsp3) is 0.250. The molecular formula is C20H18ClN3O3. The van der Waals surface area contributed by atoms with E-state index in [2.05, 4.69) is 10.1 Å². The van der Waals surface area contributed by atoms with E-state index < -0.39 is 0 Å². The van der Waals surface area contributed by atoms with Gasteiger partial charge in [-0.05, 0) is 30.7 Å². The molecule has 1 fully saturated rings. The lowest BCUT2D eigenvalue weighted by Gasteiger charge is -2.20. The Morgan fingerprint density at radius 2 is 2.04 bits per heavy atom. The van der Waals surface area contributed by atoms with Crippen molar-refractivity contribution in [1.82, 2.24) is 10.1 Å². The van der Waals surface area contributed by atoms with Gasteiger partial charge in [0.1, 0.15) is 5.75 Å². The topological polar surface area (TPSA) is 68.5 Å². The third-order valence-electron chi connectivity index (χ3n) is 4.72. The molecule has 1 aliphatic heterocycles. The highest BCUT2D eigenvalue weighted by Gasteiger charge is 2.36. The summed E-state index contributed by atoms with van der Waals surface area (Å²) in [5.41, 5.74) is 2.45. The van der Waals surface area contributed by atoms with Crippen LogP contribution in [0, 0.1) is 6.92 Å². The lowest BCUT2D eigenvalue weighted by molar-refractivity contribution is -0.117. The van der Waals surface area contributed by atoms with Gasteiger partial charge in [-0.2, -0.15) is 4.98 Å². The summed E-state index contributed by atoms with van der Waals surface area (Å²) in [5, 5.41) is 4.64. The number of anilines is 1. The van der Waals surface area contributed by atoms with Crippen LogP contribution in [0.1, 0.15) is 23.8 Å². The maximum absolute atomic E-state index is 12.6. The largest absolute Gasteiger partial charge is 0.496 e. The molecule has 27 heavy (non-hydrogen) atoms. The Labute approximate surface area is 161 Å².